The first-order valence-corrected chi connectivity index (χ1v) is 6.91. The number of ketones is 1. The van der Waals surface area contributed by atoms with Crippen molar-refractivity contribution in [3.8, 4) is 0 Å². The number of nitrogens with zero attached hydrogens (tertiary/aromatic N) is 1. The van der Waals surface area contributed by atoms with E-state index in [1.807, 2.05) is 6.92 Å². The summed E-state index contributed by atoms with van der Waals surface area (Å²) in [7, 11) is 1.76. The average Bonchev–Trinajstić information content (AvgIpc) is 2.74. The van der Waals surface area contributed by atoms with Crippen LogP contribution < -0.4 is 5.32 Å². The van der Waals surface area contributed by atoms with E-state index in [1.54, 1.807) is 31.0 Å². The van der Waals surface area contributed by atoms with E-state index in [0.29, 0.717) is 15.8 Å². The summed E-state index contributed by atoms with van der Waals surface area (Å²) in [6.07, 6.45) is 0. The lowest BCUT2D eigenvalue weighted by molar-refractivity contribution is -0.122. The summed E-state index contributed by atoms with van der Waals surface area (Å²) in [5.41, 5.74) is 0. The fourth-order valence-electron chi connectivity index (χ4n) is 1.47. The Hall–Kier alpha value is -0.910. The second kappa shape index (κ2) is 6.87. The maximum absolute atomic E-state index is 12.1. The zero-order valence-electron chi connectivity index (χ0n) is 10.7. The number of thiophene rings is 1. The van der Waals surface area contributed by atoms with Crippen molar-refractivity contribution in [1.29, 1.82) is 0 Å². The highest BCUT2D eigenvalue weighted by Gasteiger charge is 2.22. The highest BCUT2D eigenvalue weighted by atomic mass is 35.5. The summed E-state index contributed by atoms with van der Waals surface area (Å²) in [4.78, 5) is 25.9. The lowest BCUT2D eigenvalue weighted by Gasteiger charge is -2.22. The van der Waals surface area contributed by atoms with Crippen LogP contribution >= 0.6 is 22.9 Å². The van der Waals surface area contributed by atoms with Crippen LogP contribution in [0.1, 0.15) is 23.5 Å². The number of hydrogen-bond donors (Lipinski definition) is 1. The molecule has 1 unspecified atom stereocenters. The molecule has 100 valence electrons. The molecule has 0 spiro atoms. The van der Waals surface area contributed by atoms with Crippen LogP contribution in [0.4, 0.5) is 0 Å². The smallest absolute Gasteiger partial charge is 0.234 e. The van der Waals surface area contributed by atoms with Crippen molar-refractivity contribution in [3.05, 3.63) is 21.3 Å². The molecular formula is C12H17ClN2O2S. The van der Waals surface area contributed by atoms with Crippen LogP contribution in [-0.4, -0.2) is 42.8 Å². The fourth-order valence-corrected chi connectivity index (χ4v) is 2.54. The standard InChI is InChI=1S/C12H17ClN2O2S/c1-4-14-11(16)7-15(3)8(2)12(17)9-5-6-10(13)18-9/h5-6,8H,4,7H2,1-3H3,(H,14,16). The van der Waals surface area contributed by atoms with Gasteiger partial charge < -0.3 is 5.32 Å². The quantitative estimate of drug-likeness (QED) is 0.815. The minimum atomic E-state index is -0.345. The summed E-state index contributed by atoms with van der Waals surface area (Å²) in [5.74, 6) is -0.0949. The molecule has 1 aromatic rings. The van der Waals surface area contributed by atoms with E-state index in [1.165, 1.54) is 11.3 Å². The first-order valence-electron chi connectivity index (χ1n) is 5.72. The number of carbonyl (C=O) groups is 2. The second-order valence-corrected chi connectivity index (χ2v) is 5.73. The van der Waals surface area contributed by atoms with Gasteiger partial charge in [0.25, 0.3) is 0 Å². The minimum absolute atomic E-state index is 0.0151. The molecule has 0 aliphatic rings. The number of halogens is 1. The van der Waals surface area contributed by atoms with Crippen LogP contribution in [-0.2, 0) is 4.79 Å². The molecule has 1 aromatic heterocycles. The fraction of sp³-hybridized carbons (Fsp3) is 0.500. The molecule has 18 heavy (non-hydrogen) atoms. The topological polar surface area (TPSA) is 49.4 Å². The molecule has 1 heterocycles. The van der Waals surface area contributed by atoms with E-state index in [0.717, 1.165) is 0 Å². The Labute approximate surface area is 116 Å². The van der Waals surface area contributed by atoms with Crippen LogP contribution in [0.5, 0.6) is 0 Å². The van der Waals surface area contributed by atoms with E-state index in [-0.39, 0.29) is 24.3 Å². The van der Waals surface area contributed by atoms with E-state index < -0.39 is 0 Å². The van der Waals surface area contributed by atoms with Crippen molar-refractivity contribution in [3.63, 3.8) is 0 Å². The second-order valence-electron chi connectivity index (χ2n) is 4.01. The maximum atomic E-state index is 12.1. The maximum Gasteiger partial charge on any atom is 0.234 e. The van der Waals surface area contributed by atoms with Crippen molar-refractivity contribution >= 4 is 34.6 Å². The lowest BCUT2D eigenvalue weighted by atomic mass is 10.1. The average molecular weight is 289 g/mol. The van der Waals surface area contributed by atoms with Crippen LogP contribution in [0.15, 0.2) is 12.1 Å². The van der Waals surface area contributed by atoms with Crippen molar-refractivity contribution in [2.24, 2.45) is 0 Å². The minimum Gasteiger partial charge on any atom is -0.355 e. The van der Waals surface area contributed by atoms with Crippen LogP contribution in [0.25, 0.3) is 0 Å². The van der Waals surface area contributed by atoms with Gasteiger partial charge in [-0.25, -0.2) is 0 Å². The molecule has 1 amide bonds. The number of likely N-dealkylation sites (N-methyl/N-ethyl adjacent to an activating group) is 2. The zero-order valence-corrected chi connectivity index (χ0v) is 12.3. The summed E-state index contributed by atoms with van der Waals surface area (Å²) in [6, 6.07) is 3.07. The molecule has 0 aliphatic heterocycles. The third-order valence-electron chi connectivity index (χ3n) is 2.62. The number of Topliss-reactive ketones (excluding diaryl/α,β-unsaturated/α-hetero) is 1. The monoisotopic (exact) mass is 288 g/mol. The van der Waals surface area contributed by atoms with Crippen molar-refractivity contribution in [1.82, 2.24) is 10.2 Å². The van der Waals surface area contributed by atoms with Gasteiger partial charge in [0.15, 0.2) is 5.78 Å². The molecule has 6 heteroatoms. The molecular weight excluding hydrogens is 272 g/mol. The Morgan fingerprint density at radius 2 is 2.17 bits per heavy atom. The third-order valence-corrected chi connectivity index (χ3v) is 3.87. The first-order chi connectivity index (χ1) is 8.45. The number of amides is 1. The Morgan fingerprint density at radius 1 is 1.50 bits per heavy atom. The third kappa shape index (κ3) is 4.08. The molecule has 1 N–H and O–H groups in total. The first kappa shape index (κ1) is 15.1. The molecule has 0 saturated heterocycles. The summed E-state index contributed by atoms with van der Waals surface area (Å²) in [6.45, 7) is 4.45. The van der Waals surface area contributed by atoms with Gasteiger partial charge in [0.1, 0.15) is 0 Å². The number of nitrogens with one attached hydrogen (secondary N) is 1. The SMILES string of the molecule is CCNC(=O)CN(C)C(C)C(=O)c1ccc(Cl)s1. The van der Waals surface area contributed by atoms with Crippen LogP contribution in [0.3, 0.4) is 0 Å². The van der Waals surface area contributed by atoms with Gasteiger partial charge in [-0.1, -0.05) is 11.6 Å². The highest BCUT2D eigenvalue weighted by Crippen LogP contribution is 2.23. The largest absolute Gasteiger partial charge is 0.355 e. The zero-order chi connectivity index (χ0) is 13.7. The van der Waals surface area contributed by atoms with Gasteiger partial charge in [-0.3, -0.25) is 14.5 Å². The molecule has 0 radical (unpaired) electrons. The molecule has 0 aliphatic carbocycles. The molecule has 1 rings (SSSR count). The van der Waals surface area contributed by atoms with Crippen LogP contribution in [0, 0.1) is 0 Å². The normalized spacial score (nSPS) is 12.5. The van der Waals surface area contributed by atoms with E-state index >= 15 is 0 Å². The van der Waals surface area contributed by atoms with E-state index in [9.17, 15) is 9.59 Å². The summed E-state index contributed by atoms with van der Waals surface area (Å²) in [5, 5.41) is 2.70. The molecule has 1 atom stereocenters. The van der Waals surface area contributed by atoms with Gasteiger partial charge in [-0.2, -0.15) is 0 Å². The Bertz CT molecular complexity index is 433. The lowest BCUT2D eigenvalue weighted by Crippen LogP contribution is -2.42. The molecule has 0 saturated carbocycles. The van der Waals surface area contributed by atoms with Crippen molar-refractivity contribution < 1.29 is 9.59 Å². The number of rotatable bonds is 6. The number of carbonyl (C=O) groups excluding carboxylic acids is 2. The Balaban J connectivity index is 2.60. The highest BCUT2D eigenvalue weighted by molar-refractivity contribution is 7.18. The molecule has 0 aromatic carbocycles. The van der Waals surface area contributed by atoms with Gasteiger partial charge in [0.05, 0.1) is 21.8 Å². The van der Waals surface area contributed by atoms with Gasteiger partial charge in [-0.15, -0.1) is 11.3 Å². The van der Waals surface area contributed by atoms with Crippen molar-refractivity contribution in [2.45, 2.75) is 19.9 Å². The van der Waals surface area contributed by atoms with Gasteiger partial charge in [0.2, 0.25) is 5.91 Å². The van der Waals surface area contributed by atoms with Crippen molar-refractivity contribution in [2.75, 3.05) is 20.1 Å². The van der Waals surface area contributed by atoms with Gasteiger partial charge in [0, 0.05) is 6.54 Å². The van der Waals surface area contributed by atoms with Gasteiger partial charge >= 0.3 is 0 Å². The predicted octanol–water partition coefficient (Wildman–Crippen LogP) is 2.04. The number of hydrogen-bond acceptors (Lipinski definition) is 4. The van der Waals surface area contributed by atoms with E-state index in [2.05, 4.69) is 5.32 Å². The van der Waals surface area contributed by atoms with Crippen LogP contribution in [0.2, 0.25) is 4.34 Å². The molecule has 0 fully saturated rings. The van der Waals surface area contributed by atoms with Gasteiger partial charge in [-0.05, 0) is 33.0 Å². The predicted molar refractivity (Wildman–Crippen MR) is 74.4 cm³/mol. The summed E-state index contributed by atoms with van der Waals surface area (Å²) < 4.78 is 0.594. The Kier molecular flexibility index (Phi) is 5.78. The Morgan fingerprint density at radius 3 is 2.67 bits per heavy atom. The molecule has 0 bridgehead atoms. The molecule has 4 nitrogen and oxygen atoms in total. The summed E-state index contributed by atoms with van der Waals surface area (Å²) >= 11 is 7.06. The van der Waals surface area contributed by atoms with E-state index in [4.69, 9.17) is 11.6 Å².